The summed E-state index contributed by atoms with van der Waals surface area (Å²) in [5.41, 5.74) is 7.00. The molecule has 1 rings (SSSR count). The fourth-order valence-corrected chi connectivity index (χ4v) is 1.51. The number of thiocarbonyl (C=S) groups is 1. The van der Waals surface area contributed by atoms with E-state index < -0.39 is 11.7 Å². The summed E-state index contributed by atoms with van der Waals surface area (Å²) >= 11 is 6.41. The van der Waals surface area contributed by atoms with E-state index in [4.69, 9.17) is 5.73 Å². The first-order chi connectivity index (χ1) is 7.80. The molecule has 17 heavy (non-hydrogen) atoms. The maximum atomic E-state index is 12.4. The summed E-state index contributed by atoms with van der Waals surface area (Å²) in [6.07, 6.45) is -3.14. The summed E-state index contributed by atoms with van der Waals surface area (Å²) < 4.78 is 38.0. The lowest BCUT2D eigenvalue weighted by atomic mass is 10.1. The topological polar surface area (TPSA) is 50.4 Å². The first-order valence-electron chi connectivity index (χ1n) is 4.26. The highest BCUT2D eigenvalue weighted by Crippen LogP contribution is 2.30. The van der Waals surface area contributed by atoms with Gasteiger partial charge in [0.15, 0.2) is 5.11 Å². The van der Waals surface area contributed by atoms with Crippen LogP contribution in [0.4, 0.5) is 13.2 Å². The van der Waals surface area contributed by atoms with Gasteiger partial charge in [0.25, 0.3) is 0 Å². The van der Waals surface area contributed by atoms with Gasteiger partial charge in [-0.1, -0.05) is 0 Å². The minimum Gasteiger partial charge on any atom is -0.375 e. The average molecular weight is 373 g/mol. The van der Waals surface area contributed by atoms with Crippen LogP contribution in [0.1, 0.15) is 11.1 Å². The van der Waals surface area contributed by atoms with Crippen LogP contribution in [-0.2, 0) is 6.18 Å². The van der Waals surface area contributed by atoms with Gasteiger partial charge in [-0.05, 0) is 53.0 Å². The Morgan fingerprint density at radius 2 is 2.12 bits per heavy atom. The Kier molecular flexibility index (Phi) is 4.69. The Labute approximate surface area is 114 Å². The quantitative estimate of drug-likeness (QED) is 0.363. The van der Waals surface area contributed by atoms with E-state index in [0.29, 0.717) is 9.13 Å². The summed E-state index contributed by atoms with van der Waals surface area (Å²) in [6.45, 7) is 0. The van der Waals surface area contributed by atoms with Crippen molar-refractivity contribution in [2.45, 2.75) is 6.18 Å². The third-order valence-corrected chi connectivity index (χ3v) is 2.78. The van der Waals surface area contributed by atoms with E-state index in [9.17, 15) is 13.2 Å². The fraction of sp³-hybridized carbons (Fsp3) is 0.111. The maximum absolute atomic E-state index is 12.4. The molecule has 0 radical (unpaired) electrons. The Bertz CT molecular complexity index is 459. The normalized spacial score (nSPS) is 11.8. The summed E-state index contributed by atoms with van der Waals surface area (Å²) in [4.78, 5) is 0. The minimum atomic E-state index is -4.37. The van der Waals surface area contributed by atoms with E-state index in [0.717, 1.165) is 12.1 Å². The zero-order valence-corrected chi connectivity index (χ0v) is 11.2. The van der Waals surface area contributed by atoms with Crippen molar-refractivity contribution >= 4 is 46.1 Å². The van der Waals surface area contributed by atoms with Gasteiger partial charge in [-0.3, -0.25) is 5.43 Å². The van der Waals surface area contributed by atoms with Crippen molar-refractivity contribution in [1.82, 2.24) is 5.43 Å². The molecule has 0 saturated heterocycles. The number of nitrogens with two attached hydrogens (primary N) is 1. The first-order valence-corrected chi connectivity index (χ1v) is 5.74. The highest BCUT2D eigenvalue weighted by atomic mass is 127. The molecule has 0 heterocycles. The predicted molar refractivity (Wildman–Crippen MR) is 71.7 cm³/mol. The lowest BCUT2D eigenvalue weighted by molar-refractivity contribution is -0.137. The Hall–Kier alpha value is -0.900. The van der Waals surface area contributed by atoms with Crippen LogP contribution in [0, 0.1) is 3.57 Å². The zero-order chi connectivity index (χ0) is 13.1. The van der Waals surface area contributed by atoms with Crippen molar-refractivity contribution in [2.24, 2.45) is 10.8 Å². The molecule has 0 unspecified atom stereocenters. The highest BCUT2D eigenvalue weighted by molar-refractivity contribution is 14.1. The lowest BCUT2D eigenvalue weighted by Crippen LogP contribution is -2.24. The number of rotatable bonds is 2. The Morgan fingerprint density at radius 3 is 2.65 bits per heavy atom. The molecule has 0 aliphatic heterocycles. The zero-order valence-electron chi connectivity index (χ0n) is 8.25. The molecule has 0 saturated carbocycles. The van der Waals surface area contributed by atoms with Crippen LogP contribution in [0.5, 0.6) is 0 Å². The number of benzene rings is 1. The van der Waals surface area contributed by atoms with Crippen molar-refractivity contribution in [3.8, 4) is 0 Å². The molecule has 3 N–H and O–H groups in total. The molecule has 0 fully saturated rings. The summed E-state index contributed by atoms with van der Waals surface area (Å²) in [6, 6.07) is 3.39. The van der Waals surface area contributed by atoms with E-state index in [1.807, 2.05) is 22.6 Å². The predicted octanol–water partition coefficient (Wildman–Crippen LogP) is 2.48. The maximum Gasteiger partial charge on any atom is 0.416 e. The molecular weight excluding hydrogens is 366 g/mol. The second-order valence-electron chi connectivity index (χ2n) is 2.97. The number of hydrogen-bond acceptors (Lipinski definition) is 2. The number of nitrogens with one attached hydrogen (secondary N) is 1. The number of alkyl halides is 3. The SMILES string of the molecule is NC(=S)NN=Cc1cc(C(F)(F)F)ccc1I. The van der Waals surface area contributed by atoms with Crippen LogP contribution in [0.2, 0.25) is 0 Å². The molecule has 0 spiro atoms. The van der Waals surface area contributed by atoms with Gasteiger partial charge < -0.3 is 5.73 Å². The minimum absolute atomic E-state index is 0.0526. The van der Waals surface area contributed by atoms with Crippen LogP contribution < -0.4 is 11.2 Å². The first kappa shape index (κ1) is 14.2. The number of hydrogen-bond donors (Lipinski definition) is 2. The molecule has 92 valence electrons. The van der Waals surface area contributed by atoms with Gasteiger partial charge in [-0.15, -0.1) is 0 Å². The van der Waals surface area contributed by atoms with Crippen LogP contribution in [-0.4, -0.2) is 11.3 Å². The summed E-state index contributed by atoms with van der Waals surface area (Å²) in [5.74, 6) is 0. The van der Waals surface area contributed by atoms with Crippen molar-refractivity contribution in [3.63, 3.8) is 0 Å². The number of hydrazone groups is 1. The molecule has 0 aromatic heterocycles. The van der Waals surface area contributed by atoms with Gasteiger partial charge >= 0.3 is 6.18 Å². The molecule has 0 aliphatic rings. The standard InChI is InChI=1S/C9H7F3IN3S/c10-9(11,12)6-1-2-7(13)5(3-6)4-15-16-8(14)17/h1-4H,(H3,14,16,17). The monoisotopic (exact) mass is 373 g/mol. The van der Waals surface area contributed by atoms with Crippen LogP contribution >= 0.6 is 34.8 Å². The van der Waals surface area contributed by atoms with Gasteiger partial charge in [-0.2, -0.15) is 18.3 Å². The smallest absolute Gasteiger partial charge is 0.375 e. The summed E-state index contributed by atoms with van der Waals surface area (Å²) in [7, 11) is 0. The number of nitrogens with zero attached hydrogens (tertiary/aromatic N) is 1. The van der Waals surface area contributed by atoms with E-state index in [1.165, 1.54) is 12.3 Å². The Balaban J connectivity index is 2.99. The van der Waals surface area contributed by atoms with Crippen LogP contribution in [0.3, 0.4) is 0 Å². The molecule has 1 aromatic rings. The van der Waals surface area contributed by atoms with Gasteiger partial charge in [0.1, 0.15) is 0 Å². The highest BCUT2D eigenvalue weighted by Gasteiger charge is 2.30. The molecule has 0 amide bonds. The fourth-order valence-electron chi connectivity index (χ4n) is 0.984. The molecule has 3 nitrogen and oxygen atoms in total. The second kappa shape index (κ2) is 5.63. The van der Waals surface area contributed by atoms with E-state index >= 15 is 0 Å². The van der Waals surface area contributed by atoms with E-state index in [-0.39, 0.29) is 5.11 Å². The third kappa shape index (κ3) is 4.46. The van der Waals surface area contributed by atoms with Gasteiger partial charge in [0.05, 0.1) is 11.8 Å². The van der Waals surface area contributed by atoms with Crippen LogP contribution in [0.25, 0.3) is 0 Å². The van der Waals surface area contributed by atoms with E-state index in [1.54, 1.807) is 0 Å². The van der Waals surface area contributed by atoms with Crippen molar-refractivity contribution in [2.75, 3.05) is 0 Å². The van der Waals surface area contributed by atoms with Gasteiger partial charge in [0, 0.05) is 9.13 Å². The van der Waals surface area contributed by atoms with Crippen LogP contribution in [0.15, 0.2) is 23.3 Å². The molecule has 0 aliphatic carbocycles. The Morgan fingerprint density at radius 1 is 1.47 bits per heavy atom. The van der Waals surface area contributed by atoms with Gasteiger partial charge in [0.2, 0.25) is 0 Å². The molecule has 0 atom stereocenters. The molecule has 0 bridgehead atoms. The lowest BCUT2D eigenvalue weighted by Gasteiger charge is -2.08. The molecular formula is C9H7F3IN3S. The average Bonchev–Trinajstić information content (AvgIpc) is 2.18. The third-order valence-electron chi connectivity index (χ3n) is 1.70. The molecule has 1 aromatic carbocycles. The number of halogens is 4. The van der Waals surface area contributed by atoms with Gasteiger partial charge in [-0.25, -0.2) is 0 Å². The van der Waals surface area contributed by atoms with Crippen molar-refractivity contribution < 1.29 is 13.2 Å². The van der Waals surface area contributed by atoms with Crippen molar-refractivity contribution in [1.29, 1.82) is 0 Å². The second-order valence-corrected chi connectivity index (χ2v) is 4.57. The van der Waals surface area contributed by atoms with Crippen molar-refractivity contribution in [3.05, 3.63) is 32.9 Å². The largest absolute Gasteiger partial charge is 0.416 e. The van der Waals surface area contributed by atoms with E-state index in [2.05, 4.69) is 22.7 Å². The summed E-state index contributed by atoms with van der Waals surface area (Å²) in [5, 5.41) is 3.56. The molecule has 8 heteroatoms.